The third-order valence-corrected chi connectivity index (χ3v) is 5.60. The van der Waals surface area contributed by atoms with Gasteiger partial charge in [0.25, 0.3) is 0 Å². The van der Waals surface area contributed by atoms with Crippen molar-refractivity contribution in [2.45, 2.75) is 32.7 Å². The lowest BCUT2D eigenvalue weighted by Crippen LogP contribution is -2.39. The SMILES string of the molecule is CC(C)c1ccc(NC(=O)CN(C(C)c2ccccc2)S(C)(=O)=O)cc1. The minimum absolute atomic E-state index is 0.235. The van der Waals surface area contributed by atoms with Crippen LogP contribution in [0.1, 0.15) is 43.9 Å². The van der Waals surface area contributed by atoms with Gasteiger partial charge < -0.3 is 5.32 Å². The molecule has 0 spiro atoms. The molecule has 1 unspecified atom stereocenters. The van der Waals surface area contributed by atoms with E-state index in [4.69, 9.17) is 0 Å². The molecule has 5 nitrogen and oxygen atoms in total. The van der Waals surface area contributed by atoms with Gasteiger partial charge in [-0.3, -0.25) is 4.79 Å². The molecule has 140 valence electrons. The second-order valence-corrected chi connectivity index (χ2v) is 8.65. The highest BCUT2D eigenvalue weighted by atomic mass is 32.2. The standard InChI is InChI=1S/C20H26N2O3S/c1-15(2)17-10-12-19(13-11-17)21-20(23)14-22(26(4,24)25)16(3)18-8-6-5-7-9-18/h5-13,15-16H,14H2,1-4H3,(H,21,23). The maximum absolute atomic E-state index is 12.4. The molecule has 0 aliphatic heterocycles. The molecule has 0 radical (unpaired) electrons. The molecule has 0 heterocycles. The first-order valence-electron chi connectivity index (χ1n) is 8.60. The van der Waals surface area contributed by atoms with E-state index in [1.54, 1.807) is 6.92 Å². The van der Waals surface area contributed by atoms with E-state index in [1.807, 2.05) is 54.6 Å². The Balaban J connectivity index is 2.12. The average Bonchev–Trinajstić information content (AvgIpc) is 2.59. The zero-order chi connectivity index (χ0) is 19.3. The average molecular weight is 375 g/mol. The second-order valence-electron chi connectivity index (χ2n) is 6.72. The van der Waals surface area contributed by atoms with Crippen LogP contribution in [0.25, 0.3) is 0 Å². The van der Waals surface area contributed by atoms with Gasteiger partial charge in [-0.1, -0.05) is 56.3 Å². The smallest absolute Gasteiger partial charge is 0.239 e. The van der Waals surface area contributed by atoms with Crippen molar-refractivity contribution < 1.29 is 13.2 Å². The molecule has 0 fully saturated rings. The summed E-state index contributed by atoms with van der Waals surface area (Å²) in [6.07, 6.45) is 1.12. The summed E-state index contributed by atoms with van der Waals surface area (Å²) in [6, 6.07) is 16.4. The predicted molar refractivity (Wildman–Crippen MR) is 106 cm³/mol. The summed E-state index contributed by atoms with van der Waals surface area (Å²) < 4.78 is 25.6. The van der Waals surface area contributed by atoms with Crippen molar-refractivity contribution in [3.63, 3.8) is 0 Å². The summed E-state index contributed by atoms with van der Waals surface area (Å²) in [5.41, 5.74) is 2.67. The fraction of sp³-hybridized carbons (Fsp3) is 0.350. The lowest BCUT2D eigenvalue weighted by Gasteiger charge is -2.26. The van der Waals surface area contributed by atoms with Crippen LogP contribution in [0.5, 0.6) is 0 Å². The molecule has 0 saturated carbocycles. The van der Waals surface area contributed by atoms with Gasteiger partial charge in [0.1, 0.15) is 0 Å². The first-order chi connectivity index (χ1) is 12.2. The molecule has 2 aromatic carbocycles. The molecule has 0 aliphatic rings. The van der Waals surface area contributed by atoms with Gasteiger partial charge in [0.2, 0.25) is 15.9 Å². The van der Waals surface area contributed by atoms with Gasteiger partial charge >= 0.3 is 0 Å². The van der Waals surface area contributed by atoms with Crippen LogP contribution in [0, 0.1) is 0 Å². The summed E-state index contributed by atoms with van der Waals surface area (Å²) in [7, 11) is -3.55. The molecular formula is C20H26N2O3S. The minimum Gasteiger partial charge on any atom is -0.325 e. The number of nitrogens with zero attached hydrogens (tertiary/aromatic N) is 1. The van der Waals surface area contributed by atoms with Crippen molar-refractivity contribution in [1.82, 2.24) is 4.31 Å². The minimum atomic E-state index is -3.55. The van der Waals surface area contributed by atoms with Gasteiger partial charge in [-0.15, -0.1) is 0 Å². The topological polar surface area (TPSA) is 66.5 Å². The second kappa shape index (κ2) is 8.47. The zero-order valence-corrected chi connectivity index (χ0v) is 16.5. The largest absolute Gasteiger partial charge is 0.325 e. The van der Waals surface area contributed by atoms with Gasteiger partial charge in [0.15, 0.2) is 0 Å². The molecule has 1 N–H and O–H groups in total. The lowest BCUT2D eigenvalue weighted by molar-refractivity contribution is -0.116. The molecule has 1 atom stereocenters. The van der Waals surface area contributed by atoms with E-state index in [2.05, 4.69) is 19.2 Å². The molecular weight excluding hydrogens is 348 g/mol. The quantitative estimate of drug-likeness (QED) is 0.802. The number of amides is 1. The van der Waals surface area contributed by atoms with E-state index >= 15 is 0 Å². The van der Waals surface area contributed by atoms with E-state index in [0.717, 1.165) is 11.8 Å². The van der Waals surface area contributed by atoms with E-state index in [1.165, 1.54) is 9.87 Å². The van der Waals surface area contributed by atoms with Gasteiger partial charge in [0.05, 0.1) is 12.8 Å². The van der Waals surface area contributed by atoms with Gasteiger partial charge in [-0.25, -0.2) is 8.42 Å². The number of anilines is 1. The molecule has 1 amide bonds. The predicted octanol–water partition coefficient (Wildman–Crippen LogP) is 3.77. The molecule has 0 aliphatic carbocycles. The lowest BCUT2D eigenvalue weighted by atomic mass is 10.0. The Kier molecular flexibility index (Phi) is 6.56. The fourth-order valence-electron chi connectivity index (χ4n) is 2.73. The van der Waals surface area contributed by atoms with Crippen LogP contribution in [-0.2, 0) is 14.8 Å². The van der Waals surface area contributed by atoms with E-state index in [9.17, 15) is 13.2 Å². The molecule has 0 aromatic heterocycles. The Morgan fingerprint density at radius 2 is 1.54 bits per heavy atom. The summed E-state index contributed by atoms with van der Waals surface area (Å²) in [5, 5.41) is 2.77. The Labute approximate surface area is 156 Å². The monoisotopic (exact) mass is 374 g/mol. The number of carbonyl (C=O) groups excluding carboxylic acids is 1. The summed E-state index contributed by atoms with van der Waals surface area (Å²) in [5.74, 6) is 0.0442. The Bertz CT molecular complexity index is 831. The third kappa shape index (κ3) is 5.41. The first-order valence-corrected chi connectivity index (χ1v) is 10.4. The number of carbonyl (C=O) groups is 1. The summed E-state index contributed by atoms with van der Waals surface area (Å²) >= 11 is 0. The highest BCUT2D eigenvalue weighted by Gasteiger charge is 2.26. The summed E-state index contributed by atoms with van der Waals surface area (Å²) in [6.45, 7) is 5.74. The van der Waals surface area contributed by atoms with Crippen molar-refractivity contribution >= 4 is 21.6 Å². The van der Waals surface area contributed by atoms with Gasteiger partial charge in [-0.05, 0) is 36.1 Å². The molecule has 0 bridgehead atoms. The Hall–Kier alpha value is -2.18. The third-order valence-electron chi connectivity index (χ3n) is 4.30. The number of rotatable bonds is 7. The number of sulfonamides is 1. The van der Waals surface area contributed by atoms with Crippen LogP contribution in [0.2, 0.25) is 0 Å². The molecule has 26 heavy (non-hydrogen) atoms. The van der Waals surface area contributed by atoms with E-state index in [0.29, 0.717) is 11.6 Å². The zero-order valence-electron chi connectivity index (χ0n) is 15.6. The number of hydrogen-bond donors (Lipinski definition) is 1. The fourth-order valence-corrected chi connectivity index (χ4v) is 3.78. The van der Waals surface area contributed by atoms with E-state index < -0.39 is 16.1 Å². The van der Waals surface area contributed by atoms with Crippen LogP contribution < -0.4 is 5.32 Å². The van der Waals surface area contributed by atoms with Crippen LogP contribution in [0.15, 0.2) is 54.6 Å². The summed E-state index contributed by atoms with van der Waals surface area (Å²) in [4.78, 5) is 12.4. The van der Waals surface area contributed by atoms with Crippen molar-refractivity contribution in [3.05, 3.63) is 65.7 Å². The van der Waals surface area contributed by atoms with Gasteiger partial charge in [-0.2, -0.15) is 4.31 Å². The number of hydrogen-bond acceptors (Lipinski definition) is 3. The molecule has 0 saturated heterocycles. The first kappa shape index (κ1) is 20.1. The maximum atomic E-state index is 12.4. The van der Waals surface area contributed by atoms with Crippen LogP contribution >= 0.6 is 0 Å². The normalized spacial score (nSPS) is 13.0. The number of benzene rings is 2. The number of nitrogens with one attached hydrogen (secondary N) is 1. The van der Waals surface area contributed by atoms with Crippen molar-refractivity contribution in [3.8, 4) is 0 Å². The molecule has 6 heteroatoms. The Morgan fingerprint density at radius 3 is 2.04 bits per heavy atom. The highest BCUT2D eigenvalue weighted by Crippen LogP contribution is 2.23. The highest BCUT2D eigenvalue weighted by molar-refractivity contribution is 7.88. The van der Waals surface area contributed by atoms with E-state index in [-0.39, 0.29) is 12.5 Å². The Morgan fingerprint density at radius 1 is 0.962 bits per heavy atom. The van der Waals surface area contributed by atoms with Crippen LogP contribution in [0.3, 0.4) is 0 Å². The van der Waals surface area contributed by atoms with Crippen molar-refractivity contribution in [1.29, 1.82) is 0 Å². The van der Waals surface area contributed by atoms with Crippen LogP contribution in [0.4, 0.5) is 5.69 Å². The maximum Gasteiger partial charge on any atom is 0.239 e. The van der Waals surface area contributed by atoms with Gasteiger partial charge in [0, 0.05) is 11.7 Å². The van der Waals surface area contributed by atoms with Crippen molar-refractivity contribution in [2.24, 2.45) is 0 Å². The van der Waals surface area contributed by atoms with Crippen molar-refractivity contribution in [2.75, 3.05) is 18.1 Å². The molecule has 2 aromatic rings. The van der Waals surface area contributed by atoms with Crippen LogP contribution in [-0.4, -0.2) is 31.4 Å². The molecule has 2 rings (SSSR count).